The number of carboxylic acids is 1. The van der Waals surface area contributed by atoms with Gasteiger partial charge >= 0.3 is 23.9 Å². The molecule has 0 aromatic carbocycles. The highest BCUT2D eigenvalue weighted by atomic mass is 16.6. The number of nitrogens with zero attached hydrogens (tertiary/aromatic N) is 1. The van der Waals surface area contributed by atoms with Gasteiger partial charge in [0.15, 0.2) is 12.2 Å². The van der Waals surface area contributed by atoms with Gasteiger partial charge in [0.05, 0.1) is 18.8 Å². The highest BCUT2D eigenvalue weighted by Gasteiger charge is 2.50. The van der Waals surface area contributed by atoms with Gasteiger partial charge < -0.3 is 39.0 Å². The van der Waals surface area contributed by atoms with Gasteiger partial charge in [-0.3, -0.25) is 28.8 Å². The second kappa shape index (κ2) is 15.0. The van der Waals surface area contributed by atoms with E-state index in [1.54, 1.807) is 0 Å². The van der Waals surface area contributed by atoms with Crippen LogP contribution in [0.4, 0.5) is 0 Å². The van der Waals surface area contributed by atoms with Gasteiger partial charge in [-0.1, -0.05) is 0 Å². The molecule has 0 bridgehead atoms. The number of ether oxygens (including phenoxy) is 5. The van der Waals surface area contributed by atoms with Crippen LogP contribution in [-0.4, -0.2) is 109 Å². The van der Waals surface area contributed by atoms with Crippen molar-refractivity contribution in [1.82, 2.24) is 10.2 Å². The zero-order valence-electron chi connectivity index (χ0n) is 21.0. The van der Waals surface area contributed by atoms with Crippen LogP contribution in [-0.2, 0) is 52.5 Å². The summed E-state index contributed by atoms with van der Waals surface area (Å²) >= 11 is 0. The maximum atomic E-state index is 11.9. The van der Waals surface area contributed by atoms with E-state index in [0.29, 0.717) is 0 Å². The lowest BCUT2D eigenvalue weighted by atomic mass is 9.90. The maximum absolute atomic E-state index is 11.9. The molecule has 2 amide bonds. The van der Waals surface area contributed by atoms with Crippen molar-refractivity contribution in [2.24, 2.45) is 0 Å². The first kappa shape index (κ1) is 30.8. The molecule has 1 saturated heterocycles. The number of hydrogen-bond acceptors (Lipinski definition) is 11. The van der Waals surface area contributed by atoms with Gasteiger partial charge in [0, 0.05) is 47.8 Å². The minimum absolute atomic E-state index is 0.0324. The molecule has 1 rings (SSSR count). The van der Waals surface area contributed by atoms with E-state index in [4.69, 9.17) is 28.8 Å². The highest BCUT2D eigenvalue weighted by molar-refractivity contribution is 5.79. The molecule has 14 nitrogen and oxygen atoms in total. The van der Waals surface area contributed by atoms with E-state index in [1.807, 2.05) is 0 Å². The van der Waals surface area contributed by atoms with Gasteiger partial charge in [-0.2, -0.15) is 0 Å². The van der Waals surface area contributed by atoms with Crippen molar-refractivity contribution >= 4 is 35.7 Å². The number of rotatable bonds is 13. The predicted molar refractivity (Wildman–Crippen MR) is 119 cm³/mol. The van der Waals surface area contributed by atoms with Crippen LogP contribution in [0.1, 0.15) is 41.0 Å². The summed E-state index contributed by atoms with van der Waals surface area (Å²) in [5, 5.41) is 11.5. The van der Waals surface area contributed by atoms with E-state index in [2.05, 4.69) is 5.32 Å². The lowest BCUT2D eigenvalue weighted by molar-refractivity contribution is -0.225. The molecule has 1 fully saturated rings. The first-order valence-electron chi connectivity index (χ1n) is 11.3. The first-order chi connectivity index (χ1) is 16.8. The van der Waals surface area contributed by atoms with Crippen molar-refractivity contribution in [2.45, 2.75) is 71.5 Å². The molecule has 0 saturated carbocycles. The Bertz CT molecular complexity index is 817. The fourth-order valence-corrected chi connectivity index (χ4v) is 3.66. The lowest BCUT2D eigenvalue weighted by Crippen LogP contribution is -2.66. The third-order valence-electron chi connectivity index (χ3n) is 5.04. The van der Waals surface area contributed by atoms with Crippen LogP contribution in [0.25, 0.3) is 0 Å². The third-order valence-corrected chi connectivity index (χ3v) is 5.04. The second-order valence-corrected chi connectivity index (χ2v) is 8.13. The van der Waals surface area contributed by atoms with Crippen LogP contribution >= 0.6 is 0 Å². The van der Waals surface area contributed by atoms with Crippen molar-refractivity contribution in [2.75, 3.05) is 32.9 Å². The van der Waals surface area contributed by atoms with Gasteiger partial charge in [-0.15, -0.1) is 0 Å². The molecular formula is C22H34N2O12. The molecule has 1 aliphatic rings. The summed E-state index contributed by atoms with van der Waals surface area (Å²) in [6, 6.07) is -0.936. The lowest BCUT2D eigenvalue weighted by Gasteiger charge is -2.45. The molecule has 1 aliphatic heterocycles. The average Bonchev–Trinajstić information content (AvgIpc) is 2.73. The number of esters is 3. The standard InChI is InChI=1S/C22H34N2O12/c1-12(25)23-20-17(6-8-32-9-7-24(13(2)26)10-19(30)31)36-18(11-33-14(3)27)21(34-15(4)28)22(20)35-16(5)29/h17-18,20-22H,6-11H2,1-5H3,(H,23,25)(H,30,31)/t17-,18-,20+,21+,22-/m1/s1. The Balaban J connectivity index is 3.02. The summed E-state index contributed by atoms with van der Waals surface area (Å²) in [6.07, 6.45) is -4.00. The molecule has 2 N–H and O–H groups in total. The molecule has 0 aromatic rings. The van der Waals surface area contributed by atoms with Crippen molar-refractivity contribution in [1.29, 1.82) is 0 Å². The number of hydrogen-bond donors (Lipinski definition) is 2. The number of carboxylic acid groups (broad SMARTS) is 1. The number of aliphatic carboxylic acids is 1. The van der Waals surface area contributed by atoms with Gasteiger partial charge in [0.2, 0.25) is 11.8 Å². The quantitative estimate of drug-likeness (QED) is 0.173. The van der Waals surface area contributed by atoms with Crippen molar-refractivity contribution < 1.29 is 57.6 Å². The Labute approximate surface area is 208 Å². The van der Waals surface area contributed by atoms with E-state index < -0.39 is 72.7 Å². The van der Waals surface area contributed by atoms with Crippen LogP contribution in [0.15, 0.2) is 0 Å². The molecule has 0 aliphatic carbocycles. The molecular weight excluding hydrogens is 484 g/mol. The van der Waals surface area contributed by atoms with E-state index in [0.717, 1.165) is 18.7 Å². The van der Waals surface area contributed by atoms with Crippen molar-refractivity contribution in [3.63, 3.8) is 0 Å². The Kier molecular flexibility index (Phi) is 12.8. The van der Waals surface area contributed by atoms with Gasteiger partial charge in [-0.05, 0) is 6.42 Å². The normalized spacial score (nSPS) is 23.2. The molecule has 0 radical (unpaired) electrons. The SMILES string of the molecule is CC(=O)N[C@@H]1[C@@H](OC(C)=O)[C@@H](OC(C)=O)[C@@H](COC(C)=O)O[C@@H]1CCOCCN(CC(=O)O)C(C)=O. The molecule has 36 heavy (non-hydrogen) atoms. The van der Waals surface area contributed by atoms with Crippen LogP contribution in [0, 0.1) is 0 Å². The summed E-state index contributed by atoms with van der Waals surface area (Å²) in [6.45, 7) is 5.35. The zero-order chi connectivity index (χ0) is 27.4. The predicted octanol–water partition coefficient (Wildman–Crippen LogP) is -0.975. The minimum Gasteiger partial charge on any atom is -0.480 e. The fourth-order valence-electron chi connectivity index (χ4n) is 3.66. The van der Waals surface area contributed by atoms with Crippen LogP contribution in [0.5, 0.6) is 0 Å². The average molecular weight is 519 g/mol. The monoisotopic (exact) mass is 518 g/mol. The van der Waals surface area contributed by atoms with Gasteiger partial charge in [0.1, 0.15) is 19.3 Å². The smallest absolute Gasteiger partial charge is 0.323 e. The van der Waals surface area contributed by atoms with E-state index >= 15 is 0 Å². The molecule has 5 atom stereocenters. The summed E-state index contributed by atoms with van der Waals surface area (Å²) in [4.78, 5) is 70.4. The van der Waals surface area contributed by atoms with Gasteiger partial charge in [-0.25, -0.2) is 0 Å². The Morgan fingerprint density at radius 2 is 1.47 bits per heavy atom. The second-order valence-electron chi connectivity index (χ2n) is 8.13. The molecule has 0 unspecified atom stereocenters. The Hall–Kier alpha value is -3.26. The molecule has 204 valence electrons. The summed E-state index contributed by atoms with van der Waals surface area (Å²) in [7, 11) is 0. The molecule has 1 heterocycles. The van der Waals surface area contributed by atoms with Crippen LogP contribution in [0.3, 0.4) is 0 Å². The Morgan fingerprint density at radius 3 is 1.97 bits per heavy atom. The number of carbonyl (C=O) groups is 6. The number of carbonyl (C=O) groups excluding carboxylic acids is 5. The zero-order valence-corrected chi connectivity index (χ0v) is 21.0. The van der Waals surface area contributed by atoms with E-state index in [-0.39, 0.29) is 32.8 Å². The largest absolute Gasteiger partial charge is 0.480 e. The fraction of sp³-hybridized carbons (Fsp3) is 0.727. The van der Waals surface area contributed by atoms with Crippen molar-refractivity contribution in [3.05, 3.63) is 0 Å². The summed E-state index contributed by atoms with van der Waals surface area (Å²) in [5.74, 6) is -4.04. The maximum Gasteiger partial charge on any atom is 0.323 e. The topological polar surface area (TPSA) is 184 Å². The third kappa shape index (κ3) is 11.0. The van der Waals surface area contributed by atoms with Crippen LogP contribution in [0.2, 0.25) is 0 Å². The molecule has 14 heteroatoms. The number of nitrogens with one attached hydrogen (secondary N) is 1. The Morgan fingerprint density at radius 1 is 0.861 bits per heavy atom. The van der Waals surface area contributed by atoms with Crippen molar-refractivity contribution in [3.8, 4) is 0 Å². The summed E-state index contributed by atoms with van der Waals surface area (Å²) < 4.78 is 27.3. The van der Waals surface area contributed by atoms with E-state index in [9.17, 15) is 28.8 Å². The van der Waals surface area contributed by atoms with Crippen LogP contribution < -0.4 is 5.32 Å². The first-order valence-corrected chi connectivity index (χ1v) is 11.3. The molecule has 0 spiro atoms. The van der Waals surface area contributed by atoms with Gasteiger partial charge in [0.25, 0.3) is 0 Å². The number of amides is 2. The van der Waals surface area contributed by atoms with E-state index in [1.165, 1.54) is 20.8 Å². The summed E-state index contributed by atoms with van der Waals surface area (Å²) in [5.41, 5.74) is 0. The highest BCUT2D eigenvalue weighted by Crippen LogP contribution is 2.28. The minimum atomic E-state index is -1.18. The molecule has 0 aromatic heterocycles.